The van der Waals surface area contributed by atoms with Crippen molar-refractivity contribution in [1.82, 2.24) is 9.88 Å². The van der Waals surface area contributed by atoms with Crippen LogP contribution in [0, 0.1) is 0 Å². The van der Waals surface area contributed by atoms with E-state index in [1.54, 1.807) is 24.2 Å². The van der Waals surface area contributed by atoms with Gasteiger partial charge in [0.25, 0.3) is 0 Å². The van der Waals surface area contributed by atoms with E-state index in [0.29, 0.717) is 5.75 Å². The molecule has 3 heterocycles. The summed E-state index contributed by atoms with van der Waals surface area (Å²) in [5.41, 5.74) is 1.15. The number of ether oxygens (including phenoxy) is 1. The maximum atomic E-state index is 12.0. The maximum Gasteiger partial charge on any atom is 0.233 e. The fraction of sp³-hybridized carbons (Fsp3) is 0.538. The molecule has 2 aliphatic rings. The molecule has 2 unspecified atom stereocenters. The van der Waals surface area contributed by atoms with Crippen molar-refractivity contribution in [1.29, 1.82) is 0 Å². The number of aromatic nitrogens is 1. The molecule has 0 spiro atoms. The molecule has 0 radical (unpaired) electrons. The minimum absolute atomic E-state index is 0.129. The summed E-state index contributed by atoms with van der Waals surface area (Å²) in [6.45, 7) is 1.55. The summed E-state index contributed by atoms with van der Waals surface area (Å²) in [7, 11) is 0. The van der Waals surface area contributed by atoms with E-state index in [2.05, 4.69) is 4.98 Å². The topological polar surface area (TPSA) is 42.4 Å². The summed E-state index contributed by atoms with van der Waals surface area (Å²) in [4.78, 5) is 18.0. The number of hydrogen-bond acceptors (Lipinski definition) is 4. The van der Waals surface area contributed by atoms with Gasteiger partial charge in [0.1, 0.15) is 5.37 Å². The number of pyridine rings is 1. The van der Waals surface area contributed by atoms with Crippen LogP contribution in [0.4, 0.5) is 0 Å². The molecule has 18 heavy (non-hydrogen) atoms. The molecule has 1 aromatic rings. The van der Waals surface area contributed by atoms with Crippen LogP contribution in [-0.2, 0) is 9.53 Å². The molecule has 0 bridgehead atoms. The number of carbonyl (C=O) groups is 1. The molecule has 2 aliphatic heterocycles. The minimum Gasteiger partial charge on any atom is -0.376 e. The third-order valence-corrected chi connectivity index (χ3v) is 4.64. The lowest BCUT2D eigenvalue weighted by molar-refractivity contribution is -0.129. The molecule has 0 saturated carbocycles. The minimum atomic E-state index is 0.129. The van der Waals surface area contributed by atoms with Crippen LogP contribution in [0.2, 0.25) is 0 Å². The highest BCUT2D eigenvalue weighted by molar-refractivity contribution is 8.00. The Kier molecular flexibility index (Phi) is 3.52. The van der Waals surface area contributed by atoms with Gasteiger partial charge in [-0.2, -0.15) is 0 Å². The first-order valence-corrected chi connectivity index (χ1v) is 7.32. The molecule has 2 fully saturated rings. The van der Waals surface area contributed by atoms with Crippen LogP contribution in [-0.4, -0.2) is 40.8 Å². The molecule has 0 aromatic carbocycles. The fourth-order valence-electron chi connectivity index (χ4n) is 2.46. The Labute approximate surface area is 111 Å². The van der Waals surface area contributed by atoms with Gasteiger partial charge in [-0.25, -0.2) is 0 Å². The zero-order valence-electron chi connectivity index (χ0n) is 10.1. The second-order valence-corrected chi connectivity index (χ2v) is 5.69. The standard InChI is InChI=1S/C13H16N2O2S/c16-12-9-18-13(10-3-5-14-6-4-10)15(12)8-11-2-1-7-17-11/h3-6,11,13H,1-2,7-9H2. The van der Waals surface area contributed by atoms with E-state index in [1.165, 1.54) is 0 Å². The molecule has 1 aromatic heterocycles. The number of rotatable bonds is 3. The van der Waals surface area contributed by atoms with E-state index < -0.39 is 0 Å². The van der Waals surface area contributed by atoms with E-state index in [4.69, 9.17) is 4.74 Å². The third-order valence-electron chi connectivity index (χ3n) is 3.38. The van der Waals surface area contributed by atoms with Crippen LogP contribution in [0.25, 0.3) is 0 Å². The quantitative estimate of drug-likeness (QED) is 0.835. The predicted molar refractivity (Wildman–Crippen MR) is 70.1 cm³/mol. The lowest BCUT2D eigenvalue weighted by Gasteiger charge is -2.26. The number of carbonyl (C=O) groups excluding carboxylic acids is 1. The van der Waals surface area contributed by atoms with Crippen LogP contribution in [0.1, 0.15) is 23.8 Å². The van der Waals surface area contributed by atoms with Crippen molar-refractivity contribution in [2.75, 3.05) is 18.9 Å². The number of amides is 1. The van der Waals surface area contributed by atoms with Gasteiger partial charge < -0.3 is 9.64 Å². The average molecular weight is 264 g/mol. The van der Waals surface area contributed by atoms with E-state index in [-0.39, 0.29) is 17.4 Å². The fourth-order valence-corrected chi connectivity index (χ4v) is 3.66. The maximum absolute atomic E-state index is 12.0. The lowest BCUT2D eigenvalue weighted by Crippen LogP contribution is -2.35. The average Bonchev–Trinajstić information content (AvgIpc) is 3.03. The van der Waals surface area contributed by atoms with Crippen LogP contribution >= 0.6 is 11.8 Å². The van der Waals surface area contributed by atoms with Gasteiger partial charge in [0.15, 0.2) is 0 Å². The first-order valence-electron chi connectivity index (χ1n) is 6.27. The van der Waals surface area contributed by atoms with Crippen molar-refractivity contribution >= 4 is 17.7 Å². The largest absolute Gasteiger partial charge is 0.376 e. The summed E-state index contributed by atoms with van der Waals surface area (Å²) in [6.07, 6.45) is 5.96. The van der Waals surface area contributed by atoms with Gasteiger partial charge in [0.05, 0.1) is 11.9 Å². The van der Waals surface area contributed by atoms with Gasteiger partial charge in [-0.1, -0.05) is 0 Å². The Balaban J connectivity index is 1.74. The van der Waals surface area contributed by atoms with Crippen LogP contribution < -0.4 is 0 Å². The number of thioether (sulfide) groups is 1. The zero-order chi connectivity index (χ0) is 12.4. The summed E-state index contributed by atoms with van der Waals surface area (Å²) in [5, 5.41) is 0.129. The molecule has 5 heteroatoms. The molecule has 0 aliphatic carbocycles. The summed E-state index contributed by atoms with van der Waals surface area (Å²) >= 11 is 1.69. The van der Waals surface area contributed by atoms with Crippen molar-refractivity contribution < 1.29 is 9.53 Å². The highest BCUT2D eigenvalue weighted by Gasteiger charge is 2.35. The summed E-state index contributed by atoms with van der Waals surface area (Å²) in [5.74, 6) is 0.789. The highest BCUT2D eigenvalue weighted by Crippen LogP contribution is 2.38. The van der Waals surface area contributed by atoms with Crippen LogP contribution in [0.3, 0.4) is 0 Å². The second-order valence-electron chi connectivity index (χ2n) is 4.63. The van der Waals surface area contributed by atoms with Gasteiger partial charge in [-0.3, -0.25) is 9.78 Å². The van der Waals surface area contributed by atoms with E-state index in [1.807, 2.05) is 17.0 Å². The molecular formula is C13H16N2O2S. The lowest BCUT2D eigenvalue weighted by atomic mass is 10.2. The van der Waals surface area contributed by atoms with Crippen molar-refractivity contribution in [3.05, 3.63) is 30.1 Å². The first kappa shape index (κ1) is 12.0. The summed E-state index contributed by atoms with van der Waals surface area (Å²) in [6, 6.07) is 3.97. The zero-order valence-corrected chi connectivity index (χ0v) is 10.9. The van der Waals surface area contributed by atoms with Crippen molar-refractivity contribution in [2.24, 2.45) is 0 Å². The van der Waals surface area contributed by atoms with E-state index >= 15 is 0 Å². The van der Waals surface area contributed by atoms with E-state index in [0.717, 1.165) is 31.6 Å². The molecule has 4 nitrogen and oxygen atoms in total. The van der Waals surface area contributed by atoms with Crippen LogP contribution in [0.15, 0.2) is 24.5 Å². The Morgan fingerprint density at radius 3 is 3.00 bits per heavy atom. The van der Waals surface area contributed by atoms with Crippen LogP contribution in [0.5, 0.6) is 0 Å². The highest BCUT2D eigenvalue weighted by atomic mass is 32.2. The first-order chi connectivity index (χ1) is 8.84. The number of hydrogen-bond donors (Lipinski definition) is 0. The molecule has 96 valence electrons. The van der Waals surface area contributed by atoms with Gasteiger partial charge in [0.2, 0.25) is 5.91 Å². The molecule has 2 atom stereocenters. The summed E-state index contributed by atoms with van der Waals surface area (Å²) < 4.78 is 5.63. The van der Waals surface area contributed by atoms with Gasteiger partial charge >= 0.3 is 0 Å². The normalized spacial score (nSPS) is 28.0. The van der Waals surface area contributed by atoms with Gasteiger partial charge in [-0.05, 0) is 30.5 Å². The van der Waals surface area contributed by atoms with Crippen molar-refractivity contribution in [3.63, 3.8) is 0 Å². The predicted octanol–water partition coefficient (Wildman–Crippen LogP) is 1.83. The number of nitrogens with zero attached hydrogens (tertiary/aromatic N) is 2. The van der Waals surface area contributed by atoms with Gasteiger partial charge in [0, 0.05) is 25.5 Å². The monoisotopic (exact) mass is 264 g/mol. The Morgan fingerprint density at radius 2 is 2.28 bits per heavy atom. The molecule has 1 amide bonds. The van der Waals surface area contributed by atoms with E-state index in [9.17, 15) is 4.79 Å². The molecule has 0 N–H and O–H groups in total. The molecule has 3 rings (SSSR count). The Bertz CT molecular complexity index is 420. The smallest absolute Gasteiger partial charge is 0.233 e. The molecule has 2 saturated heterocycles. The van der Waals surface area contributed by atoms with Gasteiger partial charge in [-0.15, -0.1) is 11.8 Å². The molecular weight excluding hydrogens is 248 g/mol. The SMILES string of the molecule is O=C1CSC(c2ccncc2)N1CC1CCCO1. The van der Waals surface area contributed by atoms with Crippen molar-refractivity contribution in [2.45, 2.75) is 24.3 Å². The van der Waals surface area contributed by atoms with Crippen molar-refractivity contribution in [3.8, 4) is 0 Å². The Hall–Kier alpha value is -1.07. The Morgan fingerprint density at radius 1 is 1.44 bits per heavy atom. The second kappa shape index (κ2) is 5.28. The third kappa shape index (κ3) is 2.37.